The average Bonchev–Trinajstić information content (AvgIpc) is 2.14. The third-order valence-electron chi connectivity index (χ3n) is 1.01. The van der Waals surface area contributed by atoms with E-state index in [2.05, 4.69) is 5.16 Å². The Morgan fingerprint density at radius 1 is 1.88 bits per heavy atom. The first-order valence-electron chi connectivity index (χ1n) is 2.31. The molecule has 1 N–H and O–H groups in total. The number of hydrogen-bond donors (Lipinski definition) is 1. The highest BCUT2D eigenvalue weighted by atomic mass is 35.5. The lowest BCUT2D eigenvalue weighted by Crippen LogP contribution is -2.01. The Morgan fingerprint density at radius 3 is 2.88 bits per heavy atom. The topological polar surface area (TPSA) is 32.6 Å². The molecule has 46 valence electrons. The third kappa shape index (κ3) is 1.09. The largest absolute Gasteiger partial charge is 0.411 e. The van der Waals surface area contributed by atoms with Crippen molar-refractivity contribution in [3.63, 3.8) is 0 Å². The second-order valence-electron chi connectivity index (χ2n) is 1.53. The second kappa shape index (κ2) is 2.60. The van der Waals surface area contributed by atoms with Gasteiger partial charge in [-0.25, -0.2) is 0 Å². The summed E-state index contributed by atoms with van der Waals surface area (Å²) in [5.74, 6) is 0.980. The quantitative estimate of drug-likeness (QED) is 0.324. The first-order chi connectivity index (χ1) is 3.84. The van der Waals surface area contributed by atoms with Gasteiger partial charge in [0.15, 0.2) is 0 Å². The zero-order chi connectivity index (χ0) is 5.98. The molecule has 1 unspecified atom stereocenters. The molecule has 1 aliphatic rings. The van der Waals surface area contributed by atoms with Crippen LogP contribution in [0.3, 0.4) is 0 Å². The van der Waals surface area contributed by atoms with Crippen LogP contribution in [0.15, 0.2) is 5.16 Å². The number of thioether (sulfide) groups is 1. The highest BCUT2D eigenvalue weighted by Crippen LogP contribution is 2.26. The van der Waals surface area contributed by atoms with Crippen molar-refractivity contribution in [3.8, 4) is 0 Å². The van der Waals surface area contributed by atoms with E-state index in [-0.39, 0.29) is 4.71 Å². The number of halogens is 1. The van der Waals surface area contributed by atoms with Crippen molar-refractivity contribution < 1.29 is 5.21 Å². The van der Waals surface area contributed by atoms with Crippen LogP contribution in [-0.4, -0.2) is 21.4 Å². The summed E-state index contributed by atoms with van der Waals surface area (Å²) >= 11 is 7.26. The summed E-state index contributed by atoms with van der Waals surface area (Å²) in [4.78, 5) is 0. The van der Waals surface area contributed by atoms with Gasteiger partial charge in [-0.15, -0.1) is 23.4 Å². The lowest BCUT2D eigenvalue weighted by atomic mass is 10.3. The van der Waals surface area contributed by atoms with Gasteiger partial charge in [-0.3, -0.25) is 0 Å². The van der Waals surface area contributed by atoms with Crippen LogP contribution in [0, 0.1) is 0 Å². The first-order valence-corrected chi connectivity index (χ1v) is 3.79. The lowest BCUT2D eigenvalue weighted by molar-refractivity contribution is 0.317. The van der Waals surface area contributed by atoms with Crippen LogP contribution >= 0.6 is 23.4 Å². The van der Waals surface area contributed by atoms with Gasteiger partial charge in [-0.05, 0) is 0 Å². The lowest BCUT2D eigenvalue weighted by Gasteiger charge is -1.93. The maximum atomic E-state index is 8.23. The Morgan fingerprint density at radius 2 is 2.62 bits per heavy atom. The van der Waals surface area contributed by atoms with E-state index < -0.39 is 0 Å². The van der Waals surface area contributed by atoms with Crippen LogP contribution in [0.2, 0.25) is 0 Å². The molecule has 8 heavy (non-hydrogen) atoms. The fraction of sp³-hybridized carbons (Fsp3) is 0.750. The number of nitrogens with zero attached hydrogens (tertiary/aromatic N) is 1. The summed E-state index contributed by atoms with van der Waals surface area (Å²) in [7, 11) is 0. The van der Waals surface area contributed by atoms with E-state index in [9.17, 15) is 0 Å². The number of oxime groups is 1. The molecule has 0 amide bonds. The van der Waals surface area contributed by atoms with Gasteiger partial charge in [0.25, 0.3) is 0 Å². The van der Waals surface area contributed by atoms with E-state index >= 15 is 0 Å². The summed E-state index contributed by atoms with van der Waals surface area (Å²) < 4.78 is -0.0833. The van der Waals surface area contributed by atoms with Crippen molar-refractivity contribution >= 4 is 29.1 Å². The van der Waals surface area contributed by atoms with Crippen molar-refractivity contribution in [1.82, 2.24) is 0 Å². The minimum absolute atomic E-state index is 0.0833. The molecule has 0 saturated carbocycles. The molecule has 4 heteroatoms. The Labute approximate surface area is 56.9 Å². The van der Waals surface area contributed by atoms with Crippen molar-refractivity contribution in [2.45, 2.75) is 11.1 Å². The molecule has 1 fully saturated rings. The summed E-state index contributed by atoms with van der Waals surface area (Å²) in [5.41, 5.74) is 0.705. The van der Waals surface area contributed by atoms with Gasteiger partial charge in [0, 0.05) is 12.2 Å². The van der Waals surface area contributed by atoms with Gasteiger partial charge in [0.2, 0.25) is 0 Å². The van der Waals surface area contributed by atoms with E-state index in [0.717, 1.165) is 12.2 Å². The van der Waals surface area contributed by atoms with E-state index in [1.54, 1.807) is 11.8 Å². The standard InChI is InChI=1S/C4H6ClNOS/c5-4-3(6-7)1-2-8-4/h4,7H,1-2H2. The molecule has 1 aliphatic heterocycles. The van der Waals surface area contributed by atoms with E-state index in [1.165, 1.54) is 0 Å². The smallest absolute Gasteiger partial charge is 0.120 e. The molecule has 1 saturated heterocycles. The first kappa shape index (κ1) is 6.23. The molecule has 0 aromatic rings. The molecule has 0 radical (unpaired) electrons. The monoisotopic (exact) mass is 151 g/mol. The van der Waals surface area contributed by atoms with Gasteiger partial charge < -0.3 is 5.21 Å². The predicted octanol–water partition coefficient (Wildman–Crippen LogP) is 1.52. The van der Waals surface area contributed by atoms with Crippen LogP contribution in [0.1, 0.15) is 6.42 Å². The molecule has 0 aliphatic carbocycles. The molecule has 0 aromatic carbocycles. The van der Waals surface area contributed by atoms with Crippen LogP contribution < -0.4 is 0 Å². The molecule has 1 atom stereocenters. The fourth-order valence-electron chi connectivity index (χ4n) is 0.572. The van der Waals surface area contributed by atoms with Crippen molar-refractivity contribution in [2.75, 3.05) is 5.75 Å². The van der Waals surface area contributed by atoms with Gasteiger partial charge in [0.05, 0.1) is 5.71 Å². The zero-order valence-electron chi connectivity index (χ0n) is 4.17. The van der Waals surface area contributed by atoms with E-state index in [0.29, 0.717) is 5.71 Å². The summed E-state index contributed by atoms with van der Waals surface area (Å²) in [6, 6.07) is 0. The molecule has 0 bridgehead atoms. The highest BCUT2D eigenvalue weighted by Gasteiger charge is 2.20. The fourth-order valence-corrected chi connectivity index (χ4v) is 1.88. The molecule has 2 nitrogen and oxygen atoms in total. The van der Waals surface area contributed by atoms with Gasteiger partial charge in [0.1, 0.15) is 4.71 Å². The van der Waals surface area contributed by atoms with Crippen molar-refractivity contribution in [2.24, 2.45) is 5.16 Å². The molecular formula is C4H6ClNOS. The van der Waals surface area contributed by atoms with Crippen LogP contribution in [0.25, 0.3) is 0 Å². The Bertz CT molecular complexity index is 117. The van der Waals surface area contributed by atoms with Crippen molar-refractivity contribution in [1.29, 1.82) is 0 Å². The molecule has 1 rings (SSSR count). The number of hydrogen-bond acceptors (Lipinski definition) is 3. The third-order valence-corrected chi connectivity index (χ3v) is 2.65. The van der Waals surface area contributed by atoms with Gasteiger partial charge >= 0.3 is 0 Å². The summed E-state index contributed by atoms with van der Waals surface area (Å²) in [5, 5.41) is 11.3. The number of alkyl halides is 1. The normalized spacial score (nSPS) is 34.1. The highest BCUT2D eigenvalue weighted by molar-refractivity contribution is 8.02. The second-order valence-corrected chi connectivity index (χ2v) is 3.44. The average molecular weight is 152 g/mol. The van der Waals surface area contributed by atoms with Crippen LogP contribution in [0.5, 0.6) is 0 Å². The van der Waals surface area contributed by atoms with E-state index in [1.807, 2.05) is 0 Å². The Hall–Kier alpha value is 0.110. The maximum Gasteiger partial charge on any atom is 0.120 e. The zero-order valence-corrected chi connectivity index (χ0v) is 5.74. The SMILES string of the molecule is ON=C1CCSC1Cl. The van der Waals surface area contributed by atoms with Gasteiger partial charge in [-0.2, -0.15) is 0 Å². The Balaban J connectivity index is 2.55. The molecular weight excluding hydrogens is 146 g/mol. The minimum atomic E-state index is -0.0833. The number of rotatable bonds is 0. The molecule has 0 aromatic heterocycles. The molecule has 1 heterocycles. The van der Waals surface area contributed by atoms with E-state index in [4.69, 9.17) is 16.8 Å². The predicted molar refractivity (Wildman–Crippen MR) is 35.9 cm³/mol. The van der Waals surface area contributed by atoms with Crippen LogP contribution in [0.4, 0.5) is 0 Å². The van der Waals surface area contributed by atoms with Gasteiger partial charge in [-0.1, -0.05) is 5.16 Å². The minimum Gasteiger partial charge on any atom is -0.411 e. The maximum absolute atomic E-state index is 8.23. The van der Waals surface area contributed by atoms with Crippen LogP contribution in [-0.2, 0) is 0 Å². The molecule has 0 spiro atoms. The summed E-state index contributed by atoms with van der Waals surface area (Å²) in [6.07, 6.45) is 0.829. The van der Waals surface area contributed by atoms with Crippen molar-refractivity contribution in [3.05, 3.63) is 0 Å². The Kier molecular flexibility index (Phi) is 2.02. The summed E-state index contributed by atoms with van der Waals surface area (Å²) in [6.45, 7) is 0.